The molecule has 0 aromatic heterocycles. The first-order valence-electron chi connectivity index (χ1n) is 9.89. The van der Waals surface area contributed by atoms with Crippen molar-refractivity contribution >= 4 is 0 Å². The van der Waals surface area contributed by atoms with Crippen molar-refractivity contribution in [2.75, 3.05) is 0 Å². The number of hydrogen-bond acceptors (Lipinski definition) is 1. The maximum atomic E-state index is 8.99. The summed E-state index contributed by atoms with van der Waals surface area (Å²) >= 11 is 0. The van der Waals surface area contributed by atoms with Crippen LogP contribution in [-0.2, 0) is 0 Å². The van der Waals surface area contributed by atoms with E-state index in [0.29, 0.717) is 5.92 Å². The van der Waals surface area contributed by atoms with Crippen LogP contribution in [0.25, 0.3) is 0 Å². The highest BCUT2D eigenvalue weighted by atomic mass is 14.3. The SMILES string of the molecule is C=CCC(c1ccc(C#N)cc1)C1CCC(CCCCCC)CC1. The number of nitrogens with zero attached hydrogens (tertiary/aromatic N) is 1. The Morgan fingerprint density at radius 1 is 1.12 bits per heavy atom. The number of unbranched alkanes of at least 4 members (excludes halogenated alkanes) is 3. The van der Waals surface area contributed by atoms with E-state index in [-0.39, 0.29) is 0 Å². The third-order valence-electron chi connectivity index (χ3n) is 5.81. The fraction of sp³-hybridized carbons (Fsp3) is 0.609. The van der Waals surface area contributed by atoms with Crippen LogP contribution in [0, 0.1) is 23.2 Å². The molecule has 1 aromatic rings. The van der Waals surface area contributed by atoms with Gasteiger partial charge in [-0.3, -0.25) is 0 Å². The van der Waals surface area contributed by atoms with Gasteiger partial charge in [0.05, 0.1) is 11.6 Å². The number of allylic oxidation sites excluding steroid dienone is 1. The smallest absolute Gasteiger partial charge is 0.0991 e. The zero-order valence-corrected chi connectivity index (χ0v) is 15.3. The predicted molar refractivity (Wildman–Crippen MR) is 103 cm³/mol. The normalized spacial score (nSPS) is 21.8. The Hall–Kier alpha value is -1.55. The summed E-state index contributed by atoms with van der Waals surface area (Å²) in [6.45, 7) is 6.26. The quantitative estimate of drug-likeness (QED) is 0.354. The van der Waals surface area contributed by atoms with Gasteiger partial charge in [0.25, 0.3) is 0 Å². The fourth-order valence-electron chi connectivity index (χ4n) is 4.32. The van der Waals surface area contributed by atoms with Crippen molar-refractivity contribution < 1.29 is 0 Å². The Kier molecular flexibility index (Phi) is 8.10. The number of hydrogen-bond donors (Lipinski definition) is 0. The zero-order valence-electron chi connectivity index (χ0n) is 15.3. The molecule has 1 atom stereocenters. The lowest BCUT2D eigenvalue weighted by atomic mass is 9.71. The molecule has 0 bridgehead atoms. The summed E-state index contributed by atoms with van der Waals surface area (Å²) in [5.41, 5.74) is 2.15. The molecule has 0 saturated heterocycles. The predicted octanol–water partition coefficient (Wildman–Crippen LogP) is 6.99. The van der Waals surface area contributed by atoms with Gasteiger partial charge in [-0.15, -0.1) is 6.58 Å². The molecule has 0 N–H and O–H groups in total. The maximum absolute atomic E-state index is 8.99. The molecule has 0 spiro atoms. The Morgan fingerprint density at radius 3 is 2.42 bits per heavy atom. The van der Waals surface area contributed by atoms with Crippen LogP contribution < -0.4 is 0 Å². The zero-order chi connectivity index (χ0) is 17.2. The number of nitriles is 1. The standard InChI is InChI=1S/C23H33N/c1-3-5-6-7-9-19-10-14-21(15-11-19)23(8-4-2)22-16-12-20(18-24)13-17-22/h4,12-13,16-17,19,21,23H,2-3,5-11,14-15H2,1H3. The lowest BCUT2D eigenvalue weighted by Gasteiger charge is -2.34. The van der Waals surface area contributed by atoms with E-state index in [1.54, 1.807) is 0 Å². The first kappa shape index (κ1) is 18.8. The van der Waals surface area contributed by atoms with E-state index in [1.807, 2.05) is 12.1 Å². The van der Waals surface area contributed by atoms with Crippen molar-refractivity contribution in [2.24, 2.45) is 11.8 Å². The Bertz CT molecular complexity index is 514. The minimum Gasteiger partial charge on any atom is -0.192 e. The van der Waals surface area contributed by atoms with Gasteiger partial charge in [0, 0.05) is 0 Å². The van der Waals surface area contributed by atoms with Gasteiger partial charge in [0.15, 0.2) is 0 Å². The van der Waals surface area contributed by atoms with Crippen molar-refractivity contribution in [3.63, 3.8) is 0 Å². The Labute approximate surface area is 148 Å². The molecule has 1 fully saturated rings. The first-order valence-corrected chi connectivity index (χ1v) is 9.89. The largest absolute Gasteiger partial charge is 0.192 e. The molecule has 1 aromatic carbocycles. The van der Waals surface area contributed by atoms with Crippen molar-refractivity contribution in [3.8, 4) is 6.07 Å². The molecule has 0 radical (unpaired) electrons. The second kappa shape index (κ2) is 10.3. The van der Waals surface area contributed by atoms with Crippen LogP contribution >= 0.6 is 0 Å². The second-order valence-corrected chi connectivity index (χ2v) is 7.49. The summed E-state index contributed by atoms with van der Waals surface area (Å²) in [5.74, 6) is 2.32. The van der Waals surface area contributed by atoms with E-state index >= 15 is 0 Å². The summed E-state index contributed by atoms with van der Waals surface area (Å²) < 4.78 is 0. The monoisotopic (exact) mass is 323 g/mol. The molecule has 1 unspecified atom stereocenters. The van der Waals surface area contributed by atoms with Crippen molar-refractivity contribution in [2.45, 2.75) is 77.0 Å². The summed E-state index contributed by atoms with van der Waals surface area (Å²) in [7, 11) is 0. The van der Waals surface area contributed by atoms with Crippen molar-refractivity contribution in [1.82, 2.24) is 0 Å². The minimum absolute atomic E-state index is 0.580. The molecule has 0 amide bonds. The third-order valence-corrected chi connectivity index (χ3v) is 5.81. The van der Waals surface area contributed by atoms with E-state index in [4.69, 9.17) is 5.26 Å². The minimum atomic E-state index is 0.580. The highest BCUT2D eigenvalue weighted by Gasteiger charge is 2.27. The van der Waals surface area contributed by atoms with Crippen LogP contribution in [0.1, 0.15) is 88.2 Å². The summed E-state index contributed by atoms with van der Waals surface area (Å²) in [6, 6.07) is 10.5. The molecule has 1 nitrogen and oxygen atoms in total. The molecule has 1 aliphatic carbocycles. The molecule has 1 heteroatoms. The molecule has 2 rings (SSSR count). The molecular formula is C23H33N. The molecular weight excluding hydrogens is 290 g/mol. The Balaban J connectivity index is 1.88. The molecule has 0 heterocycles. The molecule has 1 saturated carbocycles. The van der Waals surface area contributed by atoms with Gasteiger partial charge in [-0.25, -0.2) is 0 Å². The molecule has 24 heavy (non-hydrogen) atoms. The van der Waals surface area contributed by atoms with Crippen LogP contribution in [0.5, 0.6) is 0 Å². The Morgan fingerprint density at radius 2 is 1.83 bits per heavy atom. The van der Waals surface area contributed by atoms with E-state index in [9.17, 15) is 0 Å². The highest BCUT2D eigenvalue weighted by molar-refractivity contribution is 5.33. The summed E-state index contributed by atoms with van der Waals surface area (Å²) in [6.07, 6.45) is 15.7. The van der Waals surface area contributed by atoms with Crippen molar-refractivity contribution in [3.05, 3.63) is 48.0 Å². The summed E-state index contributed by atoms with van der Waals surface area (Å²) in [5, 5.41) is 8.99. The van der Waals surface area contributed by atoms with E-state index in [1.165, 1.54) is 63.4 Å². The molecule has 130 valence electrons. The number of benzene rings is 1. The fourth-order valence-corrected chi connectivity index (χ4v) is 4.32. The summed E-state index contributed by atoms with van der Waals surface area (Å²) in [4.78, 5) is 0. The van der Waals surface area contributed by atoms with E-state index in [2.05, 4.69) is 37.8 Å². The second-order valence-electron chi connectivity index (χ2n) is 7.49. The van der Waals surface area contributed by atoms with E-state index < -0.39 is 0 Å². The molecule has 0 aliphatic heterocycles. The van der Waals surface area contributed by atoms with Crippen LogP contribution in [0.4, 0.5) is 0 Å². The van der Waals surface area contributed by atoms with Gasteiger partial charge in [-0.2, -0.15) is 5.26 Å². The first-order chi connectivity index (χ1) is 11.8. The third kappa shape index (κ3) is 5.52. The van der Waals surface area contributed by atoms with Crippen LogP contribution in [0.3, 0.4) is 0 Å². The van der Waals surface area contributed by atoms with Crippen LogP contribution in [0.15, 0.2) is 36.9 Å². The van der Waals surface area contributed by atoms with Gasteiger partial charge in [-0.1, -0.05) is 70.1 Å². The number of rotatable bonds is 9. The average Bonchev–Trinajstić information content (AvgIpc) is 2.64. The lowest BCUT2D eigenvalue weighted by Crippen LogP contribution is -2.20. The van der Waals surface area contributed by atoms with Gasteiger partial charge < -0.3 is 0 Å². The van der Waals surface area contributed by atoms with Crippen LogP contribution in [-0.4, -0.2) is 0 Å². The maximum Gasteiger partial charge on any atom is 0.0991 e. The van der Waals surface area contributed by atoms with Crippen LogP contribution in [0.2, 0.25) is 0 Å². The van der Waals surface area contributed by atoms with Gasteiger partial charge in [-0.05, 0) is 54.7 Å². The van der Waals surface area contributed by atoms with Gasteiger partial charge >= 0.3 is 0 Å². The highest BCUT2D eigenvalue weighted by Crippen LogP contribution is 2.41. The lowest BCUT2D eigenvalue weighted by molar-refractivity contribution is 0.230. The van der Waals surface area contributed by atoms with E-state index in [0.717, 1.165) is 23.8 Å². The van der Waals surface area contributed by atoms with Crippen molar-refractivity contribution in [1.29, 1.82) is 5.26 Å². The van der Waals surface area contributed by atoms with Gasteiger partial charge in [0.2, 0.25) is 0 Å². The molecule has 1 aliphatic rings. The topological polar surface area (TPSA) is 23.8 Å². The van der Waals surface area contributed by atoms with Gasteiger partial charge in [0.1, 0.15) is 0 Å². The average molecular weight is 324 g/mol.